The van der Waals surface area contributed by atoms with Gasteiger partial charge in [0.05, 0.1) is 5.52 Å². The average Bonchev–Trinajstić information content (AvgIpc) is 2.89. The molecule has 0 radical (unpaired) electrons. The predicted octanol–water partition coefficient (Wildman–Crippen LogP) is 2.08. The molecule has 0 aliphatic heterocycles. The molecule has 0 atom stereocenters. The van der Waals surface area contributed by atoms with Crippen molar-refractivity contribution in [2.24, 2.45) is 0 Å². The highest BCUT2D eigenvalue weighted by atomic mass is 16.5. The number of aromatic amines is 1. The quantitative estimate of drug-likeness (QED) is 0.512. The smallest absolute Gasteiger partial charge is 0.272 e. The van der Waals surface area contributed by atoms with E-state index in [-0.39, 0.29) is 5.91 Å². The number of unbranched alkanes of at least 4 members (excludes halogenated alkanes) is 1. The van der Waals surface area contributed by atoms with E-state index in [0.29, 0.717) is 24.5 Å². The first-order valence-corrected chi connectivity index (χ1v) is 7.32. The number of fused-ring (bicyclic) bond motifs is 1. The van der Waals surface area contributed by atoms with Crippen molar-refractivity contribution in [1.29, 1.82) is 0 Å². The first-order chi connectivity index (χ1) is 10.2. The zero-order valence-electron chi connectivity index (χ0n) is 12.3. The van der Waals surface area contributed by atoms with Crippen LogP contribution in [-0.4, -0.2) is 35.9 Å². The highest BCUT2D eigenvalue weighted by Gasteiger charge is 2.13. The van der Waals surface area contributed by atoms with Gasteiger partial charge >= 0.3 is 0 Å². The number of anilines is 1. The third kappa shape index (κ3) is 4.19. The molecular weight excluding hydrogens is 268 g/mol. The van der Waals surface area contributed by atoms with E-state index in [9.17, 15) is 4.79 Å². The number of aromatic nitrogens is 2. The van der Waals surface area contributed by atoms with E-state index in [1.165, 1.54) is 0 Å². The van der Waals surface area contributed by atoms with Gasteiger partial charge in [-0.2, -0.15) is 5.10 Å². The van der Waals surface area contributed by atoms with Crippen LogP contribution < -0.4 is 11.1 Å². The van der Waals surface area contributed by atoms with Gasteiger partial charge in [-0.25, -0.2) is 0 Å². The fourth-order valence-electron chi connectivity index (χ4n) is 2.01. The standard InChI is InChI=1S/C15H22N4O2/c1-2-3-8-21-9-4-7-17-15(20)14-12-10-11(16)5-6-13(12)18-19-14/h5-6,10H,2-4,7-9,16H2,1H3,(H,17,20)(H,18,19). The van der Waals surface area contributed by atoms with Crippen LogP contribution in [0.15, 0.2) is 18.2 Å². The van der Waals surface area contributed by atoms with Crippen molar-refractivity contribution in [2.75, 3.05) is 25.5 Å². The predicted molar refractivity (Wildman–Crippen MR) is 83.2 cm³/mol. The maximum atomic E-state index is 12.1. The third-order valence-electron chi connectivity index (χ3n) is 3.20. The summed E-state index contributed by atoms with van der Waals surface area (Å²) in [5.41, 5.74) is 7.54. The van der Waals surface area contributed by atoms with E-state index in [1.807, 2.05) is 6.07 Å². The number of nitrogens with two attached hydrogens (primary N) is 1. The van der Waals surface area contributed by atoms with Crippen LogP contribution in [0.3, 0.4) is 0 Å². The van der Waals surface area contributed by atoms with Crippen molar-refractivity contribution in [3.63, 3.8) is 0 Å². The Balaban J connectivity index is 1.81. The zero-order chi connectivity index (χ0) is 15.1. The van der Waals surface area contributed by atoms with E-state index in [0.717, 1.165) is 36.8 Å². The lowest BCUT2D eigenvalue weighted by atomic mass is 10.2. The number of hydrogen-bond donors (Lipinski definition) is 3. The molecule has 114 valence electrons. The highest BCUT2D eigenvalue weighted by Crippen LogP contribution is 2.18. The Bertz CT molecular complexity index is 594. The lowest BCUT2D eigenvalue weighted by molar-refractivity contribution is 0.0937. The van der Waals surface area contributed by atoms with Crippen molar-refractivity contribution < 1.29 is 9.53 Å². The molecule has 0 bridgehead atoms. The maximum Gasteiger partial charge on any atom is 0.272 e. The van der Waals surface area contributed by atoms with Gasteiger partial charge in [-0.05, 0) is 31.0 Å². The van der Waals surface area contributed by atoms with Crippen molar-refractivity contribution >= 4 is 22.5 Å². The maximum absolute atomic E-state index is 12.1. The van der Waals surface area contributed by atoms with Crippen LogP contribution in [0.25, 0.3) is 10.9 Å². The van der Waals surface area contributed by atoms with Crippen LogP contribution in [0.5, 0.6) is 0 Å². The molecule has 0 saturated carbocycles. The normalized spacial score (nSPS) is 10.9. The second-order valence-corrected chi connectivity index (χ2v) is 4.95. The molecule has 2 aromatic rings. The minimum absolute atomic E-state index is 0.194. The Morgan fingerprint density at radius 2 is 2.19 bits per heavy atom. The fourth-order valence-corrected chi connectivity index (χ4v) is 2.01. The second-order valence-electron chi connectivity index (χ2n) is 4.95. The molecule has 0 aliphatic carbocycles. The van der Waals surface area contributed by atoms with Gasteiger partial charge in [-0.15, -0.1) is 0 Å². The summed E-state index contributed by atoms with van der Waals surface area (Å²) >= 11 is 0. The lowest BCUT2D eigenvalue weighted by Gasteiger charge is -2.05. The van der Waals surface area contributed by atoms with E-state index < -0.39 is 0 Å². The minimum Gasteiger partial charge on any atom is -0.399 e. The Labute approximate surface area is 124 Å². The number of benzene rings is 1. The number of amides is 1. The zero-order valence-corrected chi connectivity index (χ0v) is 12.3. The molecule has 0 fully saturated rings. The molecule has 2 rings (SSSR count). The van der Waals surface area contributed by atoms with E-state index in [1.54, 1.807) is 12.1 Å². The topological polar surface area (TPSA) is 93.0 Å². The first-order valence-electron chi connectivity index (χ1n) is 7.32. The largest absolute Gasteiger partial charge is 0.399 e. The molecule has 1 heterocycles. The van der Waals surface area contributed by atoms with Gasteiger partial charge < -0.3 is 15.8 Å². The van der Waals surface area contributed by atoms with Crippen LogP contribution in [0.4, 0.5) is 5.69 Å². The van der Waals surface area contributed by atoms with Crippen LogP contribution >= 0.6 is 0 Å². The van der Waals surface area contributed by atoms with Gasteiger partial charge in [-0.1, -0.05) is 13.3 Å². The van der Waals surface area contributed by atoms with Gasteiger partial charge in [-0.3, -0.25) is 9.89 Å². The summed E-state index contributed by atoms with van der Waals surface area (Å²) in [6.07, 6.45) is 3.00. The molecule has 1 amide bonds. The fraction of sp³-hybridized carbons (Fsp3) is 0.467. The summed E-state index contributed by atoms with van der Waals surface area (Å²) in [5.74, 6) is -0.194. The molecule has 0 aliphatic rings. The molecular formula is C15H22N4O2. The molecule has 0 unspecified atom stereocenters. The van der Waals surface area contributed by atoms with Crippen molar-refractivity contribution in [1.82, 2.24) is 15.5 Å². The van der Waals surface area contributed by atoms with Crippen LogP contribution in [-0.2, 0) is 4.74 Å². The van der Waals surface area contributed by atoms with Crippen LogP contribution in [0.1, 0.15) is 36.7 Å². The number of hydrogen-bond acceptors (Lipinski definition) is 4. The average molecular weight is 290 g/mol. The van der Waals surface area contributed by atoms with Crippen LogP contribution in [0, 0.1) is 0 Å². The molecule has 1 aromatic carbocycles. The second kappa shape index (κ2) is 7.64. The monoisotopic (exact) mass is 290 g/mol. The van der Waals surface area contributed by atoms with E-state index in [4.69, 9.17) is 10.5 Å². The van der Waals surface area contributed by atoms with Gasteiger partial charge in [0.15, 0.2) is 5.69 Å². The van der Waals surface area contributed by atoms with E-state index >= 15 is 0 Å². The highest BCUT2D eigenvalue weighted by molar-refractivity contribution is 6.05. The summed E-state index contributed by atoms with van der Waals surface area (Å²) in [4.78, 5) is 12.1. The molecule has 0 spiro atoms. The Hall–Kier alpha value is -2.08. The van der Waals surface area contributed by atoms with Gasteiger partial charge in [0.1, 0.15) is 0 Å². The number of carbonyl (C=O) groups is 1. The van der Waals surface area contributed by atoms with E-state index in [2.05, 4.69) is 22.4 Å². The molecule has 0 saturated heterocycles. The summed E-state index contributed by atoms with van der Waals surface area (Å²) in [6, 6.07) is 5.34. The lowest BCUT2D eigenvalue weighted by Crippen LogP contribution is -2.25. The number of rotatable bonds is 8. The summed E-state index contributed by atoms with van der Waals surface area (Å²) in [5, 5.41) is 10.5. The number of nitrogens with one attached hydrogen (secondary N) is 2. The Kier molecular flexibility index (Phi) is 5.57. The molecule has 6 nitrogen and oxygen atoms in total. The number of nitrogen functional groups attached to an aromatic ring is 1. The molecule has 6 heteroatoms. The van der Waals surface area contributed by atoms with Crippen molar-refractivity contribution in [3.05, 3.63) is 23.9 Å². The first kappa shape index (κ1) is 15.3. The van der Waals surface area contributed by atoms with Crippen molar-refractivity contribution in [3.8, 4) is 0 Å². The molecule has 4 N–H and O–H groups in total. The Morgan fingerprint density at radius 1 is 1.38 bits per heavy atom. The molecule has 21 heavy (non-hydrogen) atoms. The van der Waals surface area contributed by atoms with Crippen molar-refractivity contribution in [2.45, 2.75) is 26.2 Å². The van der Waals surface area contributed by atoms with Crippen LogP contribution in [0.2, 0.25) is 0 Å². The number of carbonyl (C=O) groups excluding carboxylic acids is 1. The summed E-state index contributed by atoms with van der Waals surface area (Å²) in [6.45, 7) is 4.15. The number of H-pyrrole nitrogens is 1. The molecule has 1 aromatic heterocycles. The summed E-state index contributed by atoms with van der Waals surface area (Å²) in [7, 11) is 0. The number of ether oxygens (including phenoxy) is 1. The van der Waals surface area contributed by atoms with Gasteiger partial charge in [0.25, 0.3) is 5.91 Å². The van der Waals surface area contributed by atoms with Gasteiger partial charge in [0, 0.05) is 30.8 Å². The third-order valence-corrected chi connectivity index (χ3v) is 3.20. The Morgan fingerprint density at radius 3 is 3.00 bits per heavy atom. The minimum atomic E-state index is -0.194. The number of nitrogens with zero attached hydrogens (tertiary/aromatic N) is 1. The SMILES string of the molecule is CCCCOCCCNC(=O)c1n[nH]c2ccc(N)cc12. The van der Waals surface area contributed by atoms with Gasteiger partial charge in [0.2, 0.25) is 0 Å². The summed E-state index contributed by atoms with van der Waals surface area (Å²) < 4.78 is 5.44.